The van der Waals surface area contributed by atoms with Gasteiger partial charge in [0.05, 0.1) is 11.4 Å². The second-order valence-corrected chi connectivity index (χ2v) is 8.73. The molecule has 35 heavy (non-hydrogen) atoms. The Morgan fingerprint density at radius 2 is 2.00 bits per heavy atom. The van der Waals surface area contributed by atoms with Gasteiger partial charge in [0.15, 0.2) is 0 Å². The van der Waals surface area contributed by atoms with Gasteiger partial charge in [-0.05, 0) is 51.5 Å². The second kappa shape index (κ2) is 9.41. The third-order valence-electron chi connectivity index (χ3n) is 5.65. The van der Waals surface area contributed by atoms with Crippen molar-refractivity contribution in [2.45, 2.75) is 38.6 Å². The molecule has 0 amide bonds. The molecule has 0 saturated carbocycles. The van der Waals surface area contributed by atoms with Gasteiger partial charge in [-0.25, -0.2) is 18.7 Å². The average molecular weight is 485 g/mol. The smallest absolute Gasteiger partial charge is 0.316 e. The van der Waals surface area contributed by atoms with Crippen molar-refractivity contribution in [2.24, 2.45) is 0 Å². The predicted molar refractivity (Wildman–Crippen MR) is 125 cm³/mol. The van der Waals surface area contributed by atoms with Crippen LogP contribution in [0.4, 0.5) is 14.8 Å². The third-order valence-corrected chi connectivity index (χ3v) is 5.65. The molecule has 1 atom stereocenters. The van der Waals surface area contributed by atoms with Gasteiger partial charge in [-0.1, -0.05) is 0 Å². The van der Waals surface area contributed by atoms with Crippen LogP contribution < -0.4 is 5.32 Å². The molecule has 4 rings (SSSR count). The number of carboxylic acid groups (broad SMARTS) is 1. The van der Waals surface area contributed by atoms with E-state index in [0.29, 0.717) is 17.8 Å². The molecule has 9 nitrogen and oxygen atoms in total. The minimum Gasteiger partial charge on any atom is -0.481 e. The number of nitrogens with one attached hydrogen (secondary N) is 2. The maximum atomic E-state index is 14.7. The van der Waals surface area contributed by atoms with E-state index >= 15 is 0 Å². The number of oxazole rings is 1. The van der Waals surface area contributed by atoms with Crippen molar-refractivity contribution in [1.29, 1.82) is 0 Å². The van der Waals surface area contributed by atoms with Crippen LogP contribution in [0.5, 0.6) is 0 Å². The lowest BCUT2D eigenvalue weighted by atomic mass is 9.93. The number of carboxylic acids is 1. The molecule has 0 aliphatic rings. The third kappa shape index (κ3) is 4.85. The summed E-state index contributed by atoms with van der Waals surface area (Å²) in [6.07, 6.45) is 0.747. The average Bonchev–Trinajstić information content (AvgIpc) is 3.41. The lowest BCUT2D eigenvalue weighted by molar-refractivity contribution is -0.142. The summed E-state index contributed by atoms with van der Waals surface area (Å²) in [6, 6.07) is 6.75. The molecule has 3 aromatic heterocycles. The first-order valence-electron chi connectivity index (χ1n) is 10.9. The van der Waals surface area contributed by atoms with Crippen LogP contribution in [0, 0.1) is 11.6 Å². The molecule has 0 spiro atoms. The van der Waals surface area contributed by atoms with Gasteiger partial charge in [-0.3, -0.25) is 4.79 Å². The number of methoxy groups -OCH3 is 1. The number of H-pyrrole nitrogens is 1. The zero-order valence-electron chi connectivity index (χ0n) is 19.6. The van der Waals surface area contributed by atoms with Crippen molar-refractivity contribution in [3.8, 4) is 22.6 Å². The van der Waals surface area contributed by atoms with E-state index < -0.39 is 23.0 Å². The van der Waals surface area contributed by atoms with Crippen molar-refractivity contribution >= 4 is 23.2 Å². The molecule has 0 aliphatic carbocycles. The van der Waals surface area contributed by atoms with Gasteiger partial charge in [0.25, 0.3) is 6.01 Å². The number of aromatic nitrogens is 4. The highest BCUT2D eigenvalue weighted by atomic mass is 19.1. The lowest BCUT2D eigenvalue weighted by Gasteiger charge is -2.15. The summed E-state index contributed by atoms with van der Waals surface area (Å²) in [6.45, 7) is 5.48. The Balaban J connectivity index is 1.79. The number of ether oxygens (including phenoxy) is 1. The molecule has 3 heterocycles. The van der Waals surface area contributed by atoms with Crippen molar-refractivity contribution in [3.63, 3.8) is 0 Å². The highest BCUT2D eigenvalue weighted by Gasteiger charge is 2.35. The fourth-order valence-corrected chi connectivity index (χ4v) is 3.43. The summed E-state index contributed by atoms with van der Waals surface area (Å²) in [5.41, 5.74) is 0.00405. The number of nitrogens with zero attached hydrogens (tertiary/aromatic N) is 3. The van der Waals surface area contributed by atoms with Gasteiger partial charge in [-0.2, -0.15) is 4.98 Å². The van der Waals surface area contributed by atoms with Crippen molar-refractivity contribution in [2.75, 3.05) is 19.0 Å². The van der Waals surface area contributed by atoms with Crippen LogP contribution in [0.25, 0.3) is 33.9 Å². The van der Waals surface area contributed by atoms with E-state index in [0.717, 1.165) is 18.6 Å². The van der Waals surface area contributed by atoms with Crippen LogP contribution in [0.15, 0.2) is 34.7 Å². The normalized spacial score (nSPS) is 12.7. The molecule has 1 aromatic carbocycles. The van der Waals surface area contributed by atoms with E-state index in [2.05, 4.69) is 25.3 Å². The number of aromatic amines is 1. The fraction of sp³-hybridized carbons (Fsp3) is 0.333. The molecule has 11 heteroatoms. The zero-order valence-corrected chi connectivity index (χ0v) is 19.6. The summed E-state index contributed by atoms with van der Waals surface area (Å²) in [5.74, 6) is -2.61. The van der Waals surface area contributed by atoms with Gasteiger partial charge < -0.3 is 24.6 Å². The highest BCUT2D eigenvalue weighted by Crippen LogP contribution is 2.35. The van der Waals surface area contributed by atoms with Crippen molar-refractivity contribution in [3.05, 3.63) is 47.8 Å². The van der Waals surface area contributed by atoms with Crippen LogP contribution in [-0.2, 0) is 14.9 Å². The number of anilines is 1. The molecule has 0 bridgehead atoms. The molecule has 4 aromatic rings. The fourth-order valence-electron chi connectivity index (χ4n) is 3.43. The number of carbonyl (C=O) groups is 1. The number of rotatable bonds is 9. The number of fused-ring (bicyclic) bond motifs is 1. The summed E-state index contributed by atoms with van der Waals surface area (Å²) in [7, 11) is 1.63. The first kappa shape index (κ1) is 24.3. The molecule has 3 N–H and O–H groups in total. The van der Waals surface area contributed by atoms with Gasteiger partial charge >= 0.3 is 5.97 Å². The van der Waals surface area contributed by atoms with Gasteiger partial charge in [0, 0.05) is 31.4 Å². The van der Waals surface area contributed by atoms with Crippen LogP contribution in [0.2, 0.25) is 0 Å². The topological polar surface area (TPSA) is 126 Å². The molecule has 0 saturated heterocycles. The Labute approximate surface area is 199 Å². The second-order valence-electron chi connectivity index (χ2n) is 8.73. The zero-order chi connectivity index (χ0) is 25.3. The SMILES string of the molecule is COCC[C@H](C)Nc1nc2ccc(-c3[nH]c(C(C)(C)C(=O)O)nc3-c3ccc(F)cc3F)nc2o1. The summed E-state index contributed by atoms with van der Waals surface area (Å²) in [4.78, 5) is 28.1. The first-order chi connectivity index (χ1) is 16.6. The van der Waals surface area contributed by atoms with Gasteiger partial charge in [0.1, 0.15) is 34.1 Å². The molecular formula is C24H25F2N5O4. The summed E-state index contributed by atoms with van der Waals surface area (Å²) < 4.78 is 39.1. The van der Waals surface area contributed by atoms with Crippen LogP contribution in [-0.4, -0.2) is 50.8 Å². The van der Waals surface area contributed by atoms with Crippen LogP contribution >= 0.6 is 0 Å². The molecule has 0 unspecified atom stereocenters. The van der Waals surface area contributed by atoms with E-state index in [1.54, 1.807) is 19.2 Å². The Kier molecular flexibility index (Phi) is 6.53. The molecule has 0 fully saturated rings. The maximum absolute atomic E-state index is 14.7. The standard InChI is InChI=1S/C24H25F2N5O4/c1-12(9-10-34-4)27-23-29-17-8-7-16(28-20(17)35-23)19-18(14-6-5-13(25)11-15(14)26)30-21(31-19)24(2,3)22(32)33/h5-8,11-12H,9-10H2,1-4H3,(H,27,29)(H,30,31)(H,32,33)/t12-/m0/s1. The number of pyridine rings is 1. The molecule has 184 valence electrons. The number of halogens is 2. The van der Waals surface area contributed by atoms with E-state index in [1.807, 2.05) is 6.92 Å². The van der Waals surface area contributed by atoms with E-state index in [4.69, 9.17) is 9.15 Å². The Bertz CT molecular complexity index is 1380. The lowest BCUT2D eigenvalue weighted by Crippen LogP contribution is -2.29. The van der Waals surface area contributed by atoms with Gasteiger partial charge in [-0.15, -0.1) is 0 Å². The first-order valence-corrected chi connectivity index (χ1v) is 10.9. The molecule has 0 radical (unpaired) electrons. The maximum Gasteiger partial charge on any atom is 0.316 e. The largest absolute Gasteiger partial charge is 0.481 e. The molecule has 0 aliphatic heterocycles. The number of benzene rings is 1. The monoisotopic (exact) mass is 485 g/mol. The minimum atomic E-state index is -1.41. The van der Waals surface area contributed by atoms with Crippen molar-refractivity contribution in [1.82, 2.24) is 19.9 Å². The Morgan fingerprint density at radius 1 is 1.23 bits per heavy atom. The quantitative estimate of drug-likeness (QED) is 0.310. The summed E-state index contributed by atoms with van der Waals surface area (Å²) >= 11 is 0. The summed E-state index contributed by atoms with van der Waals surface area (Å²) in [5, 5.41) is 12.8. The Hall–Kier alpha value is -3.86. The van der Waals surface area contributed by atoms with E-state index in [-0.39, 0.29) is 40.5 Å². The van der Waals surface area contributed by atoms with E-state index in [9.17, 15) is 18.7 Å². The van der Waals surface area contributed by atoms with E-state index in [1.165, 1.54) is 19.9 Å². The molecular weight excluding hydrogens is 460 g/mol. The number of imidazole rings is 1. The van der Waals surface area contributed by atoms with Crippen molar-refractivity contribution < 1.29 is 27.8 Å². The minimum absolute atomic E-state index is 0.00104. The number of hydrogen-bond donors (Lipinski definition) is 3. The number of hydrogen-bond acceptors (Lipinski definition) is 7. The highest BCUT2D eigenvalue weighted by molar-refractivity contribution is 5.83. The van der Waals surface area contributed by atoms with Gasteiger partial charge in [0.2, 0.25) is 5.71 Å². The number of aliphatic carboxylic acids is 1. The van der Waals surface area contributed by atoms with Crippen LogP contribution in [0.1, 0.15) is 33.0 Å². The predicted octanol–water partition coefficient (Wildman–Crippen LogP) is 4.76. The Morgan fingerprint density at radius 3 is 2.69 bits per heavy atom. The van der Waals surface area contributed by atoms with Crippen LogP contribution in [0.3, 0.4) is 0 Å².